The Balaban J connectivity index is 1.94. The molecule has 1 heterocycles. The minimum absolute atomic E-state index is 0.0230. The third kappa shape index (κ3) is 2.37. The van der Waals surface area contributed by atoms with Crippen molar-refractivity contribution in [2.45, 2.75) is 12.5 Å². The van der Waals surface area contributed by atoms with Crippen molar-refractivity contribution in [3.8, 4) is 0 Å². The average Bonchev–Trinajstić information content (AvgIpc) is 2.90. The minimum atomic E-state index is 0.0230. The number of imidazole rings is 1. The molecule has 1 atom stereocenters. The standard InChI is InChI=1S/C16H16N2O/c19-11-14(10-13-6-2-1-3-7-13)18-12-17-15-8-4-5-9-16(15)18/h1-9,12,14,19H,10-11H2. The summed E-state index contributed by atoms with van der Waals surface area (Å²) in [5, 5.41) is 9.67. The Morgan fingerprint density at radius 1 is 1.00 bits per heavy atom. The first kappa shape index (κ1) is 11.9. The molecule has 3 nitrogen and oxygen atoms in total. The van der Waals surface area contributed by atoms with E-state index in [1.165, 1.54) is 5.56 Å². The molecule has 3 aromatic rings. The summed E-state index contributed by atoms with van der Waals surface area (Å²) in [4.78, 5) is 4.38. The fraction of sp³-hybridized carbons (Fsp3) is 0.188. The normalized spacial score (nSPS) is 12.7. The van der Waals surface area contributed by atoms with Gasteiger partial charge in [-0.15, -0.1) is 0 Å². The summed E-state index contributed by atoms with van der Waals surface area (Å²) in [6.45, 7) is 0.106. The maximum absolute atomic E-state index is 9.67. The van der Waals surface area contributed by atoms with E-state index in [2.05, 4.69) is 21.7 Å². The maximum atomic E-state index is 9.67. The molecule has 0 saturated heterocycles. The van der Waals surface area contributed by atoms with Crippen molar-refractivity contribution in [2.24, 2.45) is 0 Å². The quantitative estimate of drug-likeness (QED) is 0.775. The molecule has 19 heavy (non-hydrogen) atoms. The van der Waals surface area contributed by atoms with Crippen LogP contribution in [0.2, 0.25) is 0 Å². The summed E-state index contributed by atoms with van der Waals surface area (Å²) >= 11 is 0. The Labute approximate surface area is 112 Å². The second kappa shape index (κ2) is 5.24. The van der Waals surface area contributed by atoms with Crippen LogP contribution in [-0.4, -0.2) is 21.3 Å². The van der Waals surface area contributed by atoms with Gasteiger partial charge in [-0.05, 0) is 24.1 Å². The smallest absolute Gasteiger partial charge is 0.0961 e. The highest BCUT2D eigenvalue weighted by Crippen LogP contribution is 2.20. The fourth-order valence-corrected chi connectivity index (χ4v) is 2.41. The zero-order valence-corrected chi connectivity index (χ0v) is 10.6. The van der Waals surface area contributed by atoms with Crippen LogP contribution < -0.4 is 0 Å². The number of para-hydroxylation sites is 2. The summed E-state index contributed by atoms with van der Waals surface area (Å²) in [6.07, 6.45) is 2.62. The van der Waals surface area contributed by atoms with Crippen LogP contribution in [-0.2, 0) is 6.42 Å². The number of benzene rings is 2. The van der Waals surface area contributed by atoms with E-state index in [0.29, 0.717) is 0 Å². The van der Waals surface area contributed by atoms with E-state index < -0.39 is 0 Å². The molecule has 0 aliphatic heterocycles. The van der Waals surface area contributed by atoms with Crippen molar-refractivity contribution in [1.82, 2.24) is 9.55 Å². The second-order valence-corrected chi connectivity index (χ2v) is 4.67. The van der Waals surface area contributed by atoms with Gasteiger partial charge in [-0.25, -0.2) is 4.98 Å². The number of aliphatic hydroxyl groups is 1. The van der Waals surface area contributed by atoms with E-state index >= 15 is 0 Å². The number of rotatable bonds is 4. The van der Waals surface area contributed by atoms with Crippen LogP contribution >= 0.6 is 0 Å². The molecule has 1 aromatic heterocycles. The Kier molecular flexibility index (Phi) is 3.29. The predicted octanol–water partition coefficient (Wildman–Crippen LogP) is 2.81. The molecule has 0 spiro atoms. The Bertz CT molecular complexity index is 661. The van der Waals surface area contributed by atoms with Crippen molar-refractivity contribution in [1.29, 1.82) is 0 Å². The van der Waals surface area contributed by atoms with Gasteiger partial charge in [0.2, 0.25) is 0 Å². The van der Waals surface area contributed by atoms with Crippen LogP contribution in [0.3, 0.4) is 0 Å². The maximum Gasteiger partial charge on any atom is 0.0961 e. The van der Waals surface area contributed by atoms with Gasteiger partial charge >= 0.3 is 0 Å². The third-order valence-corrected chi connectivity index (χ3v) is 3.40. The lowest BCUT2D eigenvalue weighted by atomic mass is 10.1. The minimum Gasteiger partial charge on any atom is -0.394 e. The van der Waals surface area contributed by atoms with E-state index in [0.717, 1.165) is 17.5 Å². The lowest BCUT2D eigenvalue weighted by molar-refractivity contribution is 0.230. The van der Waals surface area contributed by atoms with Gasteiger partial charge in [0.1, 0.15) is 0 Å². The van der Waals surface area contributed by atoms with E-state index in [-0.39, 0.29) is 12.6 Å². The highest BCUT2D eigenvalue weighted by Gasteiger charge is 2.13. The molecular weight excluding hydrogens is 236 g/mol. The zero-order valence-electron chi connectivity index (χ0n) is 10.6. The van der Waals surface area contributed by atoms with E-state index in [1.54, 1.807) is 0 Å². The van der Waals surface area contributed by atoms with Gasteiger partial charge < -0.3 is 9.67 Å². The van der Waals surface area contributed by atoms with Gasteiger partial charge in [0.25, 0.3) is 0 Å². The summed E-state index contributed by atoms with van der Waals surface area (Å²) < 4.78 is 2.06. The lowest BCUT2D eigenvalue weighted by Crippen LogP contribution is -2.15. The number of aliphatic hydroxyl groups excluding tert-OH is 1. The van der Waals surface area contributed by atoms with Crippen molar-refractivity contribution < 1.29 is 5.11 Å². The molecule has 0 radical (unpaired) electrons. The van der Waals surface area contributed by atoms with E-state index in [1.807, 2.05) is 48.8 Å². The third-order valence-electron chi connectivity index (χ3n) is 3.40. The number of nitrogens with zero attached hydrogens (tertiary/aromatic N) is 2. The van der Waals surface area contributed by atoms with Crippen molar-refractivity contribution in [2.75, 3.05) is 6.61 Å². The van der Waals surface area contributed by atoms with Gasteiger partial charge in [-0.3, -0.25) is 0 Å². The summed E-state index contributed by atoms with van der Waals surface area (Å²) in [7, 11) is 0. The number of fused-ring (bicyclic) bond motifs is 1. The summed E-state index contributed by atoms with van der Waals surface area (Å²) in [6, 6.07) is 18.2. The first-order valence-electron chi connectivity index (χ1n) is 6.45. The van der Waals surface area contributed by atoms with Gasteiger partial charge in [0.05, 0.1) is 30.0 Å². The summed E-state index contributed by atoms with van der Waals surface area (Å²) in [5.74, 6) is 0. The van der Waals surface area contributed by atoms with E-state index in [9.17, 15) is 5.11 Å². The van der Waals surface area contributed by atoms with Gasteiger partial charge in [-0.2, -0.15) is 0 Å². The van der Waals surface area contributed by atoms with Crippen molar-refractivity contribution in [3.63, 3.8) is 0 Å². The first-order chi connectivity index (χ1) is 9.38. The van der Waals surface area contributed by atoms with Crippen molar-refractivity contribution >= 4 is 11.0 Å². The van der Waals surface area contributed by atoms with Gasteiger partial charge in [0, 0.05) is 0 Å². The van der Waals surface area contributed by atoms with E-state index in [4.69, 9.17) is 0 Å². The van der Waals surface area contributed by atoms with Crippen LogP contribution in [0.5, 0.6) is 0 Å². The van der Waals surface area contributed by atoms with Crippen LogP contribution in [0, 0.1) is 0 Å². The number of aromatic nitrogens is 2. The summed E-state index contributed by atoms with van der Waals surface area (Å²) in [5.41, 5.74) is 3.26. The molecule has 1 N–H and O–H groups in total. The molecule has 0 saturated carbocycles. The van der Waals surface area contributed by atoms with Crippen LogP contribution in [0.1, 0.15) is 11.6 Å². The Morgan fingerprint density at radius 2 is 1.74 bits per heavy atom. The molecule has 2 aromatic carbocycles. The second-order valence-electron chi connectivity index (χ2n) is 4.67. The molecule has 96 valence electrons. The molecular formula is C16H16N2O. The van der Waals surface area contributed by atoms with Crippen LogP contribution in [0.25, 0.3) is 11.0 Å². The van der Waals surface area contributed by atoms with Gasteiger partial charge in [0.15, 0.2) is 0 Å². The predicted molar refractivity (Wildman–Crippen MR) is 76.0 cm³/mol. The Morgan fingerprint density at radius 3 is 2.53 bits per heavy atom. The molecule has 0 aliphatic rings. The molecule has 0 bridgehead atoms. The molecule has 3 heteroatoms. The highest BCUT2D eigenvalue weighted by atomic mass is 16.3. The fourth-order valence-electron chi connectivity index (χ4n) is 2.41. The molecule has 3 rings (SSSR count). The zero-order chi connectivity index (χ0) is 13.1. The van der Waals surface area contributed by atoms with Crippen LogP contribution in [0.4, 0.5) is 0 Å². The largest absolute Gasteiger partial charge is 0.394 e. The lowest BCUT2D eigenvalue weighted by Gasteiger charge is -2.17. The molecule has 0 aliphatic carbocycles. The number of hydrogen-bond donors (Lipinski definition) is 1. The first-order valence-corrected chi connectivity index (χ1v) is 6.45. The Hall–Kier alpha value is -2.13. The molecule has 0 fully saturated rings. The number of hydrogen-bond acceptors (Lipinski definition) is 2. The average molecular weight is 252 g/mol. The highest BCUT2D eigenvalue weighted by molar-refractivity contribution is 5.75. The molecule has 1 unspecified atom stereocenters. The monoisotopic (exact) mass is 252 g/mol. The van der Waals surface area contributed by atoms with Crippen molar-refractivity contribution in [3.05, 3.63) is 66.5 Å². The molecule has 0 amide bonds. The van der Waals surface area contributed by atoms with Crippen LogP contribution in [0.15, 0.2) is 60.9 Å². The topological polar surface area (TPSA) is 38.0 Å². The SMILES string of the molecule is OCC(Cc1ccccc1)n1cnc2ccccc21. The van der Waals surface area contributed by atoms with Gasteiger partial charge in [-0.1, -0.05) is 42.5 Å².